The molecule has 0 radical (unpaired) electrons. The number of benzene rings is 1. The van der Waals surface area contributed by atoms with Crippen molar-refractivity contribution in [2.45, 2.75) is 26.3 Å². The minimum Gasteiger partial charge on any atom is -0.299 e. The largest absolute Gasteiger partial charge is 0.299 e. The molecule has 1 aromatic carbocycles. The second-order valence-electron chi connectivity index (χ2n) is 5.69. The average molecular weight is 296 g/mol. The molecule has 1 heterocycles. The van der Waals surface area contributed by atoms with Crippen molar-refractivity contribution < 1.29 is 4.39 Å². The molecule has 3 heteroatoms. The van der Waals surface area contributed by atoms with Gasteiger partial charge in [0.1, 0.15) is 5.83 Å². The fourth-order valence-electron chi connectivity index (χ4n) is 2.88. The van der Waals surface area contributed by atoms with Gasteiger partial charge in [-0.15, -0.1) is 0 Å². The van der Waals surface area contributed by atoms with E-state index in [2.05, 4.69) is 41.1 Å². The molecule has 0 spiro atoms. The molecule has 0 saturated heterocycles. The van der Waals surface area contributed by atoms with Gasteiger partial charge in [0.15, 0.2) is 0 Å². The van der Waals surface area contributed by atoms with Crippen molar-refractivity contribution in [3.05, 3.63) is 71.2 Å². The number of nitrogens with zero attached hydrogens (tertiary/aromatic N) is 2. The maximum absolute atomic E-state index is 13.4. The fraction of sp³-hybridized carbons (Fsp3) is 0.316. The predicted molar refractivity (Wildman–Crippen MR) is 89.4 cm³/mol. The highest BCUT2D eigenvalue weighted by Crippen LogP contribution is 2.29. The maximum atomic E-state index is 13.4. The number of fused-ring (bicyclic) bond motifs is 1. The van der Waals surface area contributed by atoms with Crippen LogP contribution in [0.4, 0.5) is 4.39 Å². The monoisotopic (exact) mass is 296 g/mol. The fourth-order valence-corrected chi connectivity index (χ4v) is 2.88. The normalized spacial score (nSPS) is 16.9. The Labute approximate surface area is 131 Å². The molecule has 0 atom stereocenters. The number of allylic oxidation sites excluding steroid dienone is 4. The van der Waals surface area contributed by atoms with Gasteiger partial charge in [-0.3, -0.25) is 9.89 Å². The Morgan fingerprint density at radius 1 is 1.23 bits per heavy atom. The molecular formula is C19H21FN2. The smallest absolute Gasteiger partial charge is 0.120 e. The summed E-state index contributed by atoms with van der Waals surface area (Å²) in [4.78, 5) is 6.82. The van der Waals surface area contributed by atoms with Crippen molar-refractivity contribution >= 4 is 5.71 Å². The third-order valence-electron chi connectivity index (χ3n) is 4.20. The Bertz CT molecular complexity index is 653. The summed E-state index contributed by atoms with van der Waals surface area (Å²) in [7, 11) is 0. The quantitative estimate of drug-likeness (QED) is 0.758. The second kappa shape index (κ2) is 6.84. The van der Waals surface area contributed by atoms with E-state index in [0.717, 1.165) is 42.9 Å². The molecule has 3 rings (SSSR count). The lowest BCUT2D eigenvalue weighted by Gasteiger charge is -2.21. The topological polar surface area (TPSA) is 15.6 Å². The van der Waals surface area contributed by atoms with E-state index in [4.69, 9.17) is 0 Å². The first-order chi connectivity index (χ1) is 10.8. The minimum absolute atomic E-state index is 0.140. The molecule has 114 valence electrons. The zero-order valence-electron chi connectivity index (χ0n) is 12.9. The summed E-state index contributed by atoms with van der Waals surface area (Å²) >= 11 is 0. The Hall–Kier alpha value is -2.00. The van der Waals surface area contributed by atoms with E-state index in [9.17, 15) is 4.39 Å². The lowest BCUT2D eigenvalue weighted by Crippen LogP contribution is -2.24. The SMILES string of the molecule is CCN(CCC1=CN=C2CC=C(F)C=C12)Cc1ccccc1. The van der Waals surface area contributed by atoms with Crippen LogP contribution in [0.3, 0.4) is 0 Å². The molecule has 0 unspecified atom stereocenters. The van der Waals surface area contributed by atoms with E-state index in [0.29, 0.717) is 6.42 Å². The van der Waals surface area contributed by atoms with Gasteiger partial charge >= 0.3 is 0 Å². The molecular weight excluding hydrogens is 275 g/mol. The summed E-state index contributed by atoms with van der Waals surface area (Å²) in [6, 6.07) is 10.5. The molecule has 2 aliphatic rings. The van der Waals surface area contributed by atoms with Crippen molar-refractivity contribution in [2.75, 3.05) is 13.1 Å². The lowest BCUT2D eigenvalue weighted by atomic mass is 9.95. The third kappa shape index (κ3) is 3.42. The molecule has 1 aromatic rings. The number of aliphatic imine (C=N–C) groups is 1. The second-order valence-corrected chi connectivity index (χ2v) is 5.69. The van der Waals surface area contributed by atoms with Crippen LogP contribution in [0.5, 0.6) is 0 Å². The average Bonchev–Trinajstić information content (AvgIpc) is 2.94. The van der Waals surface area contributed by atoms with Crippen molar-refractivity contribution in [1.29, 1.82) is 0 Å². The molecule has 0 amide bonds. The molecule has 0 saturated carbocycles. The summed E-state index contributed by atoms with van der Waals surface area (Å²) in [6.07, 6.45) is 6.64. The Morgan fingerprint density at radius 3 is 2.82 bits per heavy atom. The lowest BCUT2D eigenvalue weighted by molar-refractivity contribution is 0.284. The minimum atomic E-state index is -0.140. The van der Waals surface area contributed by atoms with E-state index in [1.165, 1.54) is 5.56 Å². The molecule has 2 nitrogen and oxygen atoms in total. The van der Waals surface area contributed by atoms with E-state index in [-0.39, 0.29) is 5.83 Å². The maximum Gasteiger partial charge on any atom is 0.120 e. The molecule has 0 aromatic heterocycles. The number of hydrogen-bond donors (Lipinski definition) is 0. The summed E-state index contributed by atoms with van der Waals surface area (Å²) in [5.41, 5.74) is 4.48. The highest BCUT2D eigenvalue weighted by atomic mass is 19.1. The van der Waals surface area contributed by atoms with Gasteiger partial charge in [0.2, 0.25) is 0 Å². The molecule has 0 bridgehead atoms. The van der Waals surface area contributed by atoms with E-state index >= 15 is 0 Å². The van der Waals surface area contributed by atoms with Crippen LogP contribution in [0.15, 0.2) is 70.6 Å². The standard InChI is InChI=1S/C19H21FN2/c1-2-22(14-15-6-4-3-5-7-15)11-10-16-13-21-19-9-8-17(20)12-18(16)19/h3-8,12-13H,2,9-11,14H2,1H3. The third-order valence-corrected chi connectivity index (χ3v) is 4.20. The van der Waals surface area contributed by atoms with E-state index in [1.807, 2.05) is 12.3 Å². The van der Waals surface area contributed by atoms with Gasteiger partial charge in [0.25, 0.3) is 0 Å². The first-order valence-corrected chi connectivity index (χ1v) is 7.86. The Kier molecular flexibility index (Phi) is 4.64. The van der Waals surface area contributed by atoms with Gasteiger partial charge in [-0.05, 0) is 36.3 Å². The Balaban J connectivity index is 1.59. The molecule has 1 aliphatic heterocycles. The van der Waals surface area contributed by atoms with Crippen LogP contribution in [-0.2, 0) is 6.54 Å². The molecule has 0 fully saturated rings. The summed E-state index contributed by atoms with van der Waals surface area (Å²) in [6.45, 7) is 5.09. The first kappa shape index (κ1) is 14.9. The number of hydrogen-bond acceptors (Lipinski definition) is 2. The number of rotatable bonds is 6. The van der Waals surface area contributed by atoms with Gasteiger partial charge in [0.05, 0.1) is 5.71 Å². The van der Waals surface area contributed by atoms with Crippen LogP contribution < -0.4 is 0 Å². The van der Waals surface area contributed by atoms with Gasteiger partial charge in [-0.25, -0.2) is 4.39 Å². The van der Waals surface area contributed by atoms with Crippen LogP contribution in [0.25, 0.3) is 0 Å². The zero-order chi connectivity index (χ0) is 15.4. The van der Waals surface area contributed by atoms with Crippen molar-refractivity contribution in [1.82, 2.24) is 4.90 Å². The molecule has 22 heavy (non-hydrogen) atoms. The number of halogens is 1. The van der Waals surface area contributed by atoms with Crippen LogP contribution in [-0.4, -0.2) is 23.7 Å². The van der Waals surface area contributed by atoms with Crippen molar-refractivity contribution in [3.8, 4) is 0 Å². The van der Waals surface area contributed by atoms with Gasteiger partial charge < -0.3 is 0 Å². The zero-order valence-corrected chi connectivity index (χ0v) is 12.9. The molecule has 1 aliphatic carbocycles. The molecule has 0 N–H and O–H groups in total. The van der Waals surface area contributed by atoms with Crippen LogP contribution in [0.2, 0.25) is 0 Å². The highest BCUT2D eigenvalue weighted by molar-refractivity contribution is 6.08. The first-order valence-electron chi connectivity index (χ1n) is 7.86. The highest BCUT2D eigenvalue weighted by Gasteiger charge is 2.20. The van der Waals surface area contributed by atoms with Crippen LogP contribution >= 0.6 is 0 Å². The van der Waals surface area contributed by atoms with E-state index < -0.39 is 0 Å². The Morgan fingerprint density at radius 2 is 2.05 bits per heavy atom. The van der Waals surface area contributed by atoms with Crippen LogP contribution in [0.1, 0.15) is 25.3 Å². The summed E-state index contributed by atoms with van der Waals surface area (Å²) in [5, 5.41) is 0. The van der Waals surface area contributed by atoms with Crippen molar-refractivity contribution in [2.24, 2.45) is 4.99 Å². The predicted octanol–water partition coefficient (Wildman–Crippen LogP) is 4.42. The van der Waals surface area contributed by atoms with Gasteiger partial charge in [0, 0.05) is 31.3 Å². The van der Waals surface area contributed by atoms with Crippen LogP contribution in [0, 0.1) is 0 Å². The summed E-state index contributed by atoms with van der Waals surface area (Å²) in [5.74, 6) is -0.140. The van der Waals surface area contributed by atoms with Gasteiger partial charge in [-0.2, -0.15) is 0 Å². The summed E-state index contributed by atoms with van der Waals surface area (Å²) < 4.78 is 13.4. The van der Waals surface area contributed by atoms with E-state index in [1.54, 1.807) is 12.2 Å². The van der Waals surface area contributed by atoms with Gasteiger partial charge in [-0.1, -0.05) is 37.3 Å². The van der Waals surface area contributed by atoms with Crippen molar-refractivity contribution in [3.63, 3.8) is 0 Å².